The minimum atomic E-state index is -0.837. The lowest BCUT2D eigenvalue weighted by molar-refractivity contribution is -0.134. The SMILES string of the molecule is N[C@@H](Cc1ccccc1)[C@@H](O)C[C@@H](Cc1ccccc1)C(=O)NO. The molecule has 0 aliphatic heterocycles. The molecule has 0 aromatic heterocycles. The standard InChI is InChI=1S/C19H24N2O3/c20-17(12-15-9-5-2-6-10-15)18(22)13-16(19(23)21-24)11-14-7-3-1-4-8-14/h1-10,16-18,22,24H,11-13,20H2,(H,21,23)/t16-,17+,18+/m1/s1. The van der Waals surface area contributed by atoms with Gasteiger partial charge in [0.2, 0.25) is 5.91 Å². The fourth-order valence-corrected chi connectivity index (χ4v) is 2.76. The van der Waals surface area contributed by atoms with E-state index in [0.717, 1.165) is 11.1 Å². The van der Waals surface area contributed by atoms with Gasteiger partial charge in [-0.05, 0) is 30.4 Å². The van der Waals surface area contributed by atoms with Crippen molar-refractivity contribution in [2.24, 2.45) is 11.7 Å². The molecule has 0 aliphatic rings. The number of rotatable bonds is 8. The van der Waals surface area contributed by atoms with Crippen LogP contribution in [-0.2, 0) is 17.6 Å². The highest BCUT2D eigenvalue weighted by Crippen LogP contribution is 2.17. The van der Waals surface area contributed by atoms with E-state index in [1.165, 1.54) is 0 Å². The first-order valence-corrected chi connectivity index (χ1v) is 8.05. The van der Waals surface area contributed by atoms with Crippen molar-refractivity contribution in [2.75, 3.05) is 0 Å². The number of hydroxylamine groups is 1. The van der Waals surface area contributed by atoms with E-state index in [2.05, 4.69) is 0 Å². The van der Waals surface area contributed by atoms with Gasteiger partial charge in [0.1, 0.15) is 0 Å². The van der Waals surface area contributed by atoms with Crippen molar-refractivity contribution in [3.63, 3.8) is 0 Å². The third kappa shape index (κ3) is 5.45. The molecule has 0 heterocycles. The molecule has 5 nitrogen and oxygen atoms in total. The van der Waals surface area contributed by atoms with Gasteiger partial charge in [-0.1, -0.05) is 60.7 Å². The zero-order valence-corrected chi connectivity index (χ0v) is 13.5. The fraction of sp³-hybridized carbons (Fsp3) is 0.316. The number of hydrogen-bond donors (Lipinski definition) is 4. The van der Waals surface area contributed by atoms with Crippen LogP contribution < -0.4 is 11.2 Å². The van der Waals surface area contributed by atoms with E-state index in [1.807, 2.05) is 60.7 Å². The highest BCUT2D eigenvalue weighted by Gasteiger charge is 2.25. The minimum absolute atomic E-state index is 0.190. The van der Waals surface area contributed by atoms with Crippen LogP contribution >= 0.6 is 0 Å². The van der Waals surface area contributed by atoms with Crippen LogP contribution in [-0.4, -0.2) is 28.4 Å². The van der Waals surface area contributed by atoms with Gasteiger partial charge in [0.05, 0.1) is 6.10 Å². The molecule has 0 spiro atoms. The number of carbonyl (C=O) groups excluding carboxylic acids is 1. The molecule has 128 valence electrons. The van der Waals surface area contributed by atoms with Crippen LogP contribution in [0.3, 0.4) is 0 Å². The summed E-state index contributed by atoms with van der Waals surface area (Å²) in [6.45, 7) is 0. The summed E-state index contributed by atoms with van der Waals surface area (Å²) < 4.78 is 0. The number of carbonyl (C=O) groups is 1. The molecule has 0 bridgehead atoms. The molecule has 0 aliphatic carbocycles. The highest BCUT2D eigenvalue weighted by atomic mass is 16.5. The molecule has 24 heavy (non-hydrogen) atoms. The Bertz CT molecular complexity index is 619. The highest BCUT2D eigenvalue weighted by molar-refractivity contribution is 5.77. The van der Waals surface area contributed by atoms with Crippen LogP contribution in [0, 0.1) is 5.92 Å². The Morgan fingerprint density at radius 2 is 1.46 bits per heavy atom. The van der Waals surface area contributed by atoms with Crippen molar-refractivity contribution in [2.45, 2.75) is 31.4 Å². The maximum absolute atomic E-state index is 11.9. The molecule has 5 N–H and O–H groups in total. The summed E-state index contributed by atoms with van der Waals surface area (Å²) in [4.78, 5) is 11.9. The maximum atomic E-state index is 11.9. The number of amides is 1. The molecule has 0 saturated carbocycles. The second-order valence-corrected chi connectivity index (χ2v) is 6.02. The smallest absolute Gasteiger partial charge is 0.246 e. The molecular weight excluding hydrogens is 304 g/mol. The Balaban J connectivity index is 1.98. The van der Waals surface area contributed by atoms with Crippen LogP contribution in [0.2, 0.25) is 0 Å². The Morgan fingerprint density at radius 3 is 1.96 bits per heavy atom. The van der Waals surface area contributed by atoms with Crippen molar-refractivity contribution in [1.29, 1.82) is 0 Å². The normalized spacial score (nSPS) is 14.6. The Kier molecular flexibility index (Phi) is 6.93. The van der Waals surface area contributed by atoms with Gasteiger partial charge in [0.15, 0.2) is 0 Å². The predicted octanol–water partition coefficient (Wildman–Crippen LogP) is 1.67. The van der Waals surface area contributed by atoms with Crippen molar-refractivity contribution in [3.8, 4) is 0 Å². The lowest BCUT2D eigenvalue weighted by atomic mass is 9.89. The van der Waals surface area contributed by atoms with E-state index in [1.54, 1.807) is 5.48 Å². The van der Waals surface area contributed by atoms with Gasteiger partial charge in [-0.3, -0.25) is 10.0 Å². The van der Waals surface area contributed by atoms with E-state index in [-0.39, 0.29) is 6.42 Å². The number of hydrogen-bond acceptors (Lipinski definition) is 4. The summed E-state index contributed by atoms with van der Waals surface area (Å²) in [5.41, 5.74) is 9.78. The Hall–Kier alpha value is -2.21. The number of benzene rings is 2. The number of nitrogens with one attached hydrogen (secondary N) is 1. The molecule has 2 aromatic rings. The molecule has 0 unspecified atom stereocenters. The third-order valence-corrected chi connectivity index (χ3v) is 4.14. The van der Waals surface area contributed by atoms with Gasteiger partial charge < -0.3 is 10.8 Å². The molecule has 2 rings (SSSR count). The van der Waals surface area contributed by atoms with Crippen molar-refractivity contribution in [1.82, 2.24) is 5.48 Å². The number of nitrogens with two attached hydrogens (primary N) is 1. The Morgan fingerprint density at radius 1 is 0.958 bits per heavy atom. The monoisotopic (exact) mass is 328 g/mol. The second-order valence-electron chi connectivity index (χ2n) is 6.02. The third-order valence-electron chi connectivity index (χ3n) is 4.14. The van der Waals surface area contributed by atoms with Crippen LogP contribution in [0.25, 0.3) is 0 Å². The van der Waals surface area contributed by atoms with Crippen LogP contribution in [0.1, 0.15) is 17.5 Å². The predicted molar refractivity (Wildman–Crippen MR) is 92.3 cm³/mol. The summed E-state index contributed by atoms with van der Waals surface area (Å²) in [6.07, 6.45) is 0.314. The number of aliphatic hydroxyl groups is 1. The molecule has 0 fully saturated rings. The van der Waals surface area contributed by atoms with Gasteiger partial charge in [-0.2, -0.15) is 0 Å². The van der Waals surface area contributed by atoms with Gasteiger partial charge >= 0.3 is 0 Å². The van der Waals surface area contributed by atoms with E-state index in [4.69, 9.17) is 10.9 Å². The van der Waals surface area contributed by atoms with Gasteiger partial charge in [-0.15, -0.1) is 0 Å². The first kappa shape index (κ1) is 18.1. The average Bonchev–Trinajstić information content (AvgIpc) is 2.62. The first-order valence-electron chi connectivity index (χ1n) is 8.05. The largest absolute Gasteiger partial charge is 0.391 e. The topological polar surface area (TPSA) is 95.6 Å². The van der Waals surface area contributed by atoms with Crippen molar-refractivity contribution in [3.05, 3.63) is 71.8 Å². The lowest BCUT2D eigenvalue weighted by Crippen LogP contribution is -2.41. The molecule has 3 atom stereocenters. The molecule has 0 saturated heterocycles. The molecule has 2 aromatic carbocycles. The van der Waals surface area contributed by atoms with Crippen molar-refractivity contribution < 1.29 is 15.1 Å². The van der Waals surface area contributed by atoms with E-state index in [9.17, 15) is 9.90 Å². The van der Waals surface area contributed by atoms with Crippen LogP contribution in [0.4, 0.5) is 0 Å². The summed E-state index contributed by atoms with van der Waals surface area (Å²) in [6, 6.07) is 18.7. The summed E-state index contributed by atoms with van der Waals surface area (Å²) in [5.74, 6) is -1.06. The molecule has 5 heteroatoms. The van der Waals surface area contributed by atoms with E-state index < -0.39 is 24.0 Å². The first-order chi connectivity index (χ1) is 11.6. The fourth-order valence-electron chi connectivity index (χ4n) is 2.76. The van der Waals surface area contributed by atoms with Crippen molar-refractivity contribution >= 4 is 5.91 Å². The summed E-state index contributed by atoms with van der Waals surface area (Å²) in [5, 5.41) is 19.3. The summed E-state index contributed by atoms with van der Waals surface area (Å²) >= 11 is 0. The molecular formula is C19H24N2O3. The zero-order valence-electron chi connectivity index (χ0n) is 13.5. The number of aliphatic hydroxyl groups excluding tert-OH is 1. The lowest BCUT2D eigenvalue weighted by Gasteiger charge is -2.23. The van der Waals surface area contributed by atoms with E-state index in [0.29, 0.717) is 12.8 Å². The zero-order chi connectivity index (χ0) is 17.4. The second kappa shape index (κ2) is 9.17. The minimum Gasteiger partial charge on any atom is -0.391 e. The van der Waals surface area contributed by atoms with Crippen LogP contribution in [0.5, 0.6) is 0 Å². The Labute approximate surface area is 142 Å². The molecule has 1 amide bonds. The molecule has 0 radical (unpaired) electrons. The quantitative estimate of drug-likeness (QED) is 0.438. The van der Waals surface area contributed by atoms with E-state index >= 15 is 0 Å². The van der Waals surface area contributed by atoms with Gasteiger partial charge in [0.25, 0.3) is 0 Å². The summed E-state index contributed by atoms with van der Waals surface area (Å²) in [7, 11) is 0. The maximum Gasteiger partial charge on any atom is 0.246 e. The average molecular weight is 328 g/mol. The van der Waals surface area contributed by atoms with Gasteiger partial charge in [-0.25, -0.2) is 5.48 Å². The van der Waals surface area contributed by atoms with Gasteiger partial charge in [0, 0.05) is 12.0 Å². The van der Waals surface area contributed by atoms with Crippen LogP contribution in [0.15, 0.2) is 60.7 Å².